The molecular weight excluding hydrogens is 300 g/mol. The number of hydrogen-bond acceptors (Lipinski definition) is 4. The molecule has 6 nitrogen and oxygen atoms in total. The summed E-state index contributed by atoms with van der Waals surface area (Å²) in [4.78, 5) is 25.6. The molecule has 122 valence electrons. The van der Waals surface area contributed by atoms with Gasteiger partial charge < -0.3 is 5.32 Å². The Morgan fingerprint density at radius 1 is 1.45 bits per heavy atom. The van der Waals surface area contributed by atoms with E-state index in [0.717, 1.165) is 23.7 Å². The van der Waals surface area contributed by atoms with E-state index in [1.807, 2.05) is 24.8 Å². The molecule has 2 heterocycles. The summed E-state index contributed by atoms with van der Waals surface area (Å²) >= 11 is 1.91. The molecule has 0 radical (unpaired) electrons. The zero-order chi connectivity index (χ0) is 15.9. The minimum atomic E-state index is -0.110. The monoisotopic (exact) mass is 324 g/mol. The zero-order valence-electron chi connectivity index (χ0n) is 13.3. The number of aromatic nitrogens is 2. The molecule has 2 rings (SSSR count). The first kappa shape index (κ1) is 16.9. The van der Waals surface area contributed by atoms with Crippen LogP contribution in [0, 0.1) is 6.92 Å². The van der Waals surface area contributed by atoms with Crippen LogP contribution < -0.4 is 10.2 Å². The fourth-order valence-electron chi connectivity index (χ4n) is 2.40. The summed E-state index contributed by atoms with van der Waals surface area (Å²) in [7, 11) is 0. The van der Waals surface area contributed by atoms with Gasteiger partial charge in [0.05, 0.1) is 12.2 Å². The first-order chi connectivity index (χ1) is 10.6. The minimum absolute atomic E-state index is 0.0129. The highest BCUT2D eigenvalue weighted by Crippen LogP contribution is 2.21. The topological polar surface area (TPSA) is 67.2 Å². The molecule has 0 atom stereocenters. The molecule has 1 N–H and O–H groups in total. The van der Waals surface area contributed by atoms with Gasteiger partial charge in [-0.2, -0.15) is 16.9 Å². The molecule has 1 aliphatic heterocycles. The van der Waals surface area contributed by atoms with Crippen molar-refractivity contribution in [3.8, 4) is 0 Å². The Morgan fingerprint density at radius 2 is 2.27 bits per heavy atom. The molecule has 0 saturated carbocycles. The van der Waals surface area contributed by atoms with Crippen LogP contribution in [0.15, 0.2) is 6.07 Å². The maximum atomic E-state index is 12.1. The van der Waals surface area contributed by atoms with Gasteiger partial charge in [-0.25, -0.2) is 4.68 Å². The highest BCUT2D eigenvalue weighted by molar-refractivity contribution is 7.99. The smallest absolute Gasteiger partial charge is 0.240 e. The number of carbonyl (C=O) groups is 2. The third-order valence-corrected chi connectivity index (χ3v) is 4.71. The number of rotatable bonds is 8. The summed E-state index contributed by atoms with van der Waals surface area (Å²) in [6, 6.07) is 1.85. The molecule has 0 bridgehead atoms. The predicted molar refractivity (Wildman–Crippen MR) is 89.2 cm³/mol. The van der Waals surface area contributed by atoms with Crippen molar-refractivity contribution in [1.29, 1.82) is 0 Å². The van der Waals surface area contributed by atoms with Crippen molar-refractivity contribution in [2.45, 2.75) is 39.7 Å². The average Bonchev–Trinajstić information content (AvgIpc) is 2.87. The molecule has 1 aromatic heterocycles. The molecule has 0 fully saturated rings. The maximum absolute atomic E-state index is 12.1. The molecule has 22 heavy (non-hydrogen) atoms. The SMILES string of the molecule is CCCSCCCNC(=O)CN1C(=O)CCn2nc(C)cc21. The van der Waals surface area contributed by atoms with Crippen LogP contribution in [0.1, 0.15) is 31.9 Å². The number of anilines is 1. The maximum Gasteiger partial charge on any atom is 0.240 e. The summed E-state index contributed by atoms with van der Waals surface area (Å²) in [5, 5.41) is 7.22. The Kier molecular flexibility index (Phi) is 6.30. The van der Waals surface area contributed by atoms with Gasteiger partial charge in [0.25, 0.3) is 0 Å². The summed E-state index contributed by atoms with van der Waals surface area (Å²) in [5.41, 5.74) is 0.864. The molecule has 0 unspecified atom stereocenters. The van der Waals surface area contributed by atoms with E-state index >= 15 is 0 Å². The van der Waals surface area contributed by atoms with E-state index in [1.165, 1.54) is 17.1 Å². The number of nitrogens with zero attached hydrogens (tertiary/aromatic N) is 3. The second kappa shape index (κ2) is 8.22. The quantitative estimate of drug-likeness (QED) is 0.737. The van der Waals surface area contributed by atoms with E-state index in [1.54, 1.807) is 4.68 Å². The van der Waals surface area contributed by atoms with E-state index in [2.05, 4.69) is 17.3 Å². The first-order valence-electron chi connectivity index (χ1n) is 7.81. The van der Waals surface area contributed by atoms with Crippen LogP contribution in [0.25, 0.3) is 0 Å². The van der Waals surface area contributed by atoms with Crippen LogP contribution in [0.3, 0.4) is 0 Å². The fraction of sp³-hybridized carbons (Fsp3) is 0.667. The normalized spacial score (nSPS) is 14.1. The molecule has 0 saturated heterocycles. The van der Waals surface area contributed by atoms with Gasteiger partial charge in [0, 0.05) is 19.0 Å². The molecular formula is C15H24N4O2S. The molecule has 1 aliphatic rings. The summed E-state index contributed by atoms with van der Waals surface area (Å²) in [6.07, 6.45) is 2.54. The van der Waals surface area contributed by atoms with E-state index < -0.39 is 0 Å². The lowest BCUT2D eigenvalue weighted by Crippen LogP contribution is -2.44. The van der Waals surface area contributed by atoms with Crippen molar-refractivity contribution in [1.82, 2.24) is 15.1 Å². The second-order valence-electron chi connectivity index (χ2n) is 5.41. The van der Waals surface area contributed by atoms with Crippen LogP contribution in [0.4, 0.5) is 5.82 Å². The Balaban J connectivity index is 1.80. The summed E-state index contributed by atoms with van der Waals surface area (Å²) < 4.78 is 1.80. The van der Waals surface area contributed by atoms with E-state index in [9.17, 15) is 9.59 Å². The third-order valence-electron chi connectivity index (χ3n) is 3.43. The van der Waals surface area contributed by atoms with Crippen molar-refractivity contribution in [2.24, 2.45) is 0 Å². The second-order valence-corrected chi connectivity index (χ2v) is 6.64. The lowest BCUT2D eigenvalue weighted by atomic mass is 10.2. The number of thioether (sulfide) groups is 1. The fourth-order valence-corrected chi connectivity index (χ4v) is 3.24. The largest absolute Gasteiger partial charge is 0.355 e. The zero-order valence-corrected chi connectivity index (χ0v) is 14.1. The van der Waals surface area contributed by atoms with Gasteiger partial charge in [-0.15, -0.1) is 0 Å². The number of carbonyl (C=O) groups excluding carboxylic acids is 2. The van der Waals surface area contributed by atoms with E-state index in [0.29, 0.717) is 19.5 Å². The van der Waals surface area contributed by atoms with Gasteiger partial charge in [0.1, 0.15) is 12.4 Å². The first-order valence-corrected chi connectivity index (χ1v) is 8.96. The highest BCUT2D eigenvalue weighted by Gasteiger charge is 2.27. The van der Waals surface area contributed by atoms with Gasteiger partial charge in [-0.1, -0.05) is 6.92 Å². The van der Waals surface area contributed by atoms with Gasteiger partial charge in [-0.05, 0) is 31.3 Å². The lowest BCUT2D eigenvalue weighted by Gasteiger charge is -2.26. The van der Waals surface area contributed by atoms with Crippen molar-refractivity contribution in [3.05, 3.63) is 11.8 Å². The van der Waals surface area contributed by atoms with Crippen molar-refractivity contribution >= 4 is 29.4 Å². The lowest BCUT2D eigenvalue weighted by molar-refractivity contribution is -0.124. The molecule has 2 amide bonds. The predicted octanol–water partition coefficient (Wildman–Crippen LogP) is 1.58. The minimum Gasteiger partial charge on any atom is -0.355 e. The molecule has 0 aliphatic carbocycles. The number of fused-ring (bicyclic) bond motifs is 1. The molecule has 0 spiro atoms. The van der Waals surface area contributed by atoms with E-state index in [-0.39, 0.29) is 18.4 Å². The van der Waals surface area contributed by atoms with Crippen LogP contribution in [-0.4, -0.2) is 46.2 Å². The van der Waals surface area contributed by atoms with Crippen LogP contribution in [0.5, 0.6) is 0 Å². The van der Waals surface area contributed by atoms with Crippen LogP contribution in [0.2, 0.25) is 0 Å². The number of aryl methyl sites for hydroxylation is 2. The van der Waals surface area contributed by atoms with Crippen LogP contribution in [-0.2, 0) is 16.1 Å². The van der Waals surface area contributed by atoms with Crippen LogP contribution >= 0.6 is 11.8 Å². The van der Waals surface area contributed by atoms with Gasteiger partial charge in [0.2, 0.25) is 11.8 Å². The number of nitrogens with one attached hydrogen (secondary N) is 1. The standard InChI is InChI=1S/C15H24N4O2S/c1-3-8-22-9-4-6-16-13(20)11-18-14-10-12(2)17-19(14)7-5-15(18)21/h10H,3-9,11H2,1-2H3,(H,16,20). The Labute approximate surface area is 135 Å². The van der Waals surface area contributed by atoms with Gasteiger partial charge in [-0.3, -0.25) is 14.5 Å². The average molecular weight is 324 g/mol. The number of amides is 2. The Hall–Kier alpha value is -1.50. The molecule has 7 heteroatoms. The molecule has 0 aromatic carbocycles. The highest BCUT2D eigenvalue weighted by atomic mass is 32.2. The Morgan fingerprint density at radius 3 is 3.05 bits per heavy atom. The number of hydrogen-bond donors (Lipinski definition) is 1. The van der Waals surface area contributed by atoms with Gasteiger partial charge >= 0.3 is 0 Å². The third kappa shape index (κ3) is 4.50. The summed E-state index contributed by atoms with van der Waals surface area (Å²) in [6.45, 7) is 5.38. The Bertz CT molecular complexity index is 530. The van der Waals surface area contributed by atoms with Crippen molar-refractivity contribution < 1.29 is 9.59 Å². The van der Waals surface area contributed by atoms with E-state index in [4.69, 9.17) is 0 Å². The van der Waals surface area contributed by atoms with Crippen molar-refractivity contribution in [3.63, 3.8) is 0 Å². The molecule has 1 aromatic rings. The summed E-state index contributed by atoms with van der Waals surface area (Å²) in [5.74, 6) is 2.83. The van der Waals surface area contributed by atoms with Gasteiger partial charge in [0.15, 0.2) is 0 Å². The van der Waals surface area contributed by atoms with Crippen molar-refractivity contribution in [2.75, 3.05) is 29.5 Å².